The molecule has 6 nitrogen and oxygen atoms in total. The molecule has 0 aromatic carbocycles. The van der Waals surface area contributed by atoms with Gasteiger partial charge in [-0.15, -0.1) is 0 Å². The van der Waals surface area contributed by atoms with Crippen LogP contribution in [0, 0.1) is 5.92 Å². The zero-order chi connectivity index (χ0) is 12.1. The normalized spacial score (nSPS) is 21.4. The average Bonchev–Trinajstić information content (AvgIpc) is 2.98. The van der Waals surface area contributed by atoms with Gasteiger partial charge in [0.15, 0.2) is 0 Å². The van der Waals surface area contributed by atoms with Gasteiger partial charge in [0.2, 0.25) is 0 Å². The van der Waals surface area contributed by atoms with E-state index in [0.29, 0.717) is 25.6 Å². The van der Waals surface area contributed by atoms with Gasteiger partial charge >= 0.3 is 5.97 Å². The van der Waals surface area contributed by atoms with Crippen LogP contribution in [0.15, 0.2) is 12.5 Å². The highest BCUT2D eigenvalue weighted by Crippen LogP contribution is 2.12. The number of esters is 1. The van der Waals surface area contributed by atoms with E-state index < -0.39 is 6.04 Å². The molecule has 1 saturated heterocycles. The summed E-state index contributed by atoms with van der Waals surface area (Å²) < 4.78 is 10.4. The summed E-state index contributed by atoms with van der Waals surface area (Å²) in [4.78, 5) is 18.4. The number of rotatable bonds is 5. The van der Waals surface area contributed by atoms with E-state index in [1.165, 1.54) is 0 Å². The SMILES string of the molecule is NC(Cc1cnc[nH]1)C(=O)OCC1CCOC1. The highest BCUT2D eigenvalue weighted by Gasteiger charge is 2.21. The van der Waals surface area contributed by atoms with Crippen LogP contribution in [0.4, 0.5) is 0 Å². The Labute approximate surface area is 99.5 Å². The summed E-state index contributed by atoms with van der Waals surface area (Å²) in [6.07, 6.45) is 4.57. The first-order valence-electron chi connectivity index (χ1n) is 5.73. The van der Waals surface area contributed by atoms with Crippen molar-refractivity contribution in [2.75, 3.05) is 19.8 Å². The number of hydrogen-bond donors (Lipinski definition) is 2. The van der Waals surface area contributed by atoms with Crippen LogP contribution in [-0.2, 0) is 20.7 Å². The van der Waals surface area contributed by atoms with Crippen LogP contribution >= 0.6 is 0 Å². The van der Waals surface area contributed by atoms with Crippen molar-refractivity contribution in [3.05, 3.63) is 18.2 Å². The fraction of sp³-hybridized carbons (Fsp3) is 0.636. The fourth-order valence-electron chi connectivity index (χ4n) is 1.74. The number of H-pyrrole nitrogens is 1. The van der Waals surface area contributed by atoms with Crippen molar-refractivity contribution < 1.29 is 14.3 Å². The summed E-state index contributed by atoms with van der Waals surface area (Å²) in [7, 11) is 0. The Kier molecular flexibility index (Phi) is 4.11. The van der Waals surface area contributed by atoms with Crippen LogP contribution < -0.4 is 5.73 Å². The second kappa shape index (κ2) is 5.79. The number of nitrogens with one attached hydrogen (secondary N) is 1. The Morgan fingerprint density at radius 3 is 3.29 bits per heavy atom. The molecule has 1 fully saturated rings. The molecule has 0 radical (unpaired) electrons. The molecule has 3 N–H and O–H groups in total. The van der Waals surface area contributed by atoms with Crippen molar-refractivity contribution in [1.82, 2.24) is 9.97 Å². The predicted octanol–water partition coefficient (Wildman–Crippen LogP) is -0.141. The Morgan fingerprint density at radius 1 is 1.76 bits per heavy atom. The number of aromatic nitrogens is 2. The molecule has 0 spiro atoms. The molecule has 0 amide bonds. The average molecular weight is 239 g/mol. The number of aromatic amines is 1. The molecule has 17 heavy (non-hydrogen) atoms. The lowest BCUT2D eigenvalue weighted by Crippen LogP contribution is -2.35. The van der Waals surface area contributed by atoms with Crippen molar-refractivity contribution in [3.63, 3.8) is 0 Å². The van der Waals surface area contributed by atoms with Gasteiger partial charge in [-0.1, -0.05) is 0 Å². The van der Waals surface area contributed by atoms with Crippen molar-refractivity contribution in [1.29, 1.82) is 0 Å². The number of nitrogens with two attached hydrogens (primary N) is 1. The fourth-order valence-corrected chi connectivity index (χ4v) is 1.74. The van der Waals surface area contributed by atoms with Crippen LogP contribution in [-0.4, -0.2) is 41.8 Å². The molecule has 1 aromatic rings. The summed E-state index contributed by atoms with van der Waals surface area (Å²) in [5.41, 5.74) is 6.57. The van der Waals surface area contributed by atoms with Crippen molar-refractivity contribution >= 4 is 5.97 Å². The molecule has 0 bridgehead atoms. The second-order valence-electron chi connectivity index (χ2n) is 4.25. The quantitative estimate of drug-likeness (QED) is 0.698. The highest BCUT2D eigenvalue weighted by molar-refractivity contribution is 5.75. The third-order valence-corrected chi connectivity index (χ3v) is 2.78. The number of imidazole rings is 1. The predicted molar refractivity (Wildman–Crippen MR) is 60.2 cm³/mol. The van der Waals surface area contributed by atoms with E-state index in [1.54, 1.807) is 12.5 Å². The molecule has 0 saturated carbocycles. The molecule has 94 valence electrons. The lowest BCUT2D eigenvalue weighted by Gasteiger charge is -2.12. The summed E-state index contributed by atoms with van der Waals surface area (Å²) in [5, 5.41) is 0. The summed E-state index contributed by atoms with van der Waals surface area (Å²) in [6, 6.07) is -0.641. The Morgan fingerprint density at radius 2 is 2.65 bits per heavy atom. The molecule has 2 atom stereocenters. The largest absolute Gasteiger partial charge is 0.464 e. The van der Waals surface area contributed by atoms with Crippen LogP contribution in [0.1, 0.15) is 12.1 Å². The van der Waals surface area contributed by atoms with Gasteiger partial charge in [0, 0.05) is 30.8 Å². The molecule has 1 aliphatic rings. The molecule has 1 aliphatic heterocycles. The minimum absolute atomic E-state index is 0.318. The zero-order valence-electron chi connectivity index (χ0n) is 9.59. The maximum Gasteiger partial charge on any atom is 0.323 e. The van der Waals surface area contributed by atoms with E-state index in [4.69, 9.17) is 15.2 Å². The molecular formula is C11H17N3O3. The molecule has 6 heteroatoms. The highest BCUT2D eigenvalue weighted by atomic mass is 16.5. The standard InChI is InChI=1S/C11H17N3O3/c12-10(3-9-4-13-7-14-9)11(15)17-6-8-1-2-16-5-8/h4,7-8,10H,1-3,5-6,12H2,(H,13,14). The summed E-state index contributed by atoms with van der Waals surface area (Å²) in [6.45, 7) is 1.82. The van der Waals surface area contributed by atoms with Gasteiger partial charge < -0.3 is 20.2 Å². The van der Waals surface area contributed by atoms with Gasteiger partial charge in [0.1, 0.15) is 6.04 Å². The first-order valence-corrected chi connectivity index (χ1v) is 5.73. The summed E-state index contributed by atoms with van der Waals surface area (Å²) in [5.74, 6) is -0.0511. The van der Waals surface area contributed by atoms with Crippen molar-refractivity contribution in [2.24, 2.45) is 11.7 Å². The van der Waals surface area contributed by atoms with E-state index in [9.17, 15) is 4.79 Å². The molecule has 1 aromatic heterocycles. The maximum absolute atomic E-state index is 11.6. The number of carbonyl (C=O) groups excluding carboxylic acids is 1. The van der Waals surface area contributed by atoms with E-state index in [1.807, 2.05) is 0 Å². The topological polar surface area (TPSA) is 90.2 Å². The Hall–Kier alpha value is -1.40. The van der Waals surface area contributed by atoms with Gasteiger partial charge in [-0.05, 0) is 6.42 Å². The smallest absolute Gasteiger partial charge is 0.323 e. The number of ether oxygens (including phenoxy) is 2. The monoisotopic (exact) mass is 239 g/mol. The first-order chi connectivity index (χ1) is 8.25. The van der Waals surface area contributed by atoms with Crippen LogP contribution in [0.5, 0.6) is 0 Å². The van der Waals surface area contributed by atoms with Gasteiger partial charge in [-0.2, -0.15) is 0 Å². The number of carbonyl (C=O) groups is 1. The van der Waals surface area contributed by atoms with E-state index in [2.05, 4.69) is 9.97 Å². The minimum Gasteiger partial charge on any atom is -0.464 e. The van der Waals surface area contributed by atoms with E-state index >= 15 is 0 Å². The third kappa shape index (κ3) is 3.54. The lowest BCUT2D eigenvalue weighted by molar-refractivity contribution is -0.146. The Bertz CT molecular complexity index is 347. The zero-order valence-corrected chi connectivity index (χ0v) is 9.59. The van der Waals surface area contributed by atoms with Gasteiger partial charge in [0.25, 0.3) is 0 Å². The molecule has 0 aliphatic carbocycles. The first kappa shape index (κ1) is 12.1. The molecule has 2 rings (SSSR count). The van der Waals surface area contributed by atoms with Crippen LogP contribution in [0.25, 0.3) is 0 Å². The second-order valence-corrected chi connectivity index (χ2v) is 4.25. The third-order valence-electron chi connectivity index (χ3n) is 2.78. The maximum atomic E-state index is 11.6. The Balaban J connectivity index is 1.71. The molecule has 2 unspecified atom stereocenters. The van der Waals surface area contributed by atoms with Crippen LogP contribution in [0.3, 0.4) is 0 Å². The van der Waals surface area contributed by atoms with Gasteiger partial charge in [-0.25, -0.2) is 4.98 Å². The van der Waals surface area contributed by atoms with Crippen molar-refractivity contribution in [3.8, 4) is 0 Å². The van der Waals surface area contributed by atoms with E-state index in [-0.39, 0.29) is 5.97 Å². The molecular weight excluding hydrogens is 222 g/mol. The van der Waals surface area contributed by atoms with Crippen LogP contribution in [0.2, 0.25) is 0 Å². The lowest BCUT2D eigenvalue weighted by atomic mass is 10.1. The minimum atomic E-state index is -0.641. The molecule has 2 heterocycles. The number of nitrogens with zero attached hydrogens (tertiary/aromatic N) is 1. The van der Waals surface area contributed by atoms with Gasteiger partial charge in [0.05, 0.1) is 19.5 Å². The van der Waals surface area contributed by atoms with Crippen molar-refractivity contribution in [2.45, 2.75) is 18.9 Å². The number of hydrogen-bond acceptors (Lipinski definition) is 5. The summed E-state index contributed by atoms with van der Waals surface area (Å²) >= 11 is 0. The van der Waals surface area contributed by atoms with E-state index in [0.717, 1.165) is 18.7 Å². The van der Waals surface area contributed by atoms with Gasteiger partial charge in [-0.3, -0.25) is 4.79 Å².